The molecule has 0 saturated heterocycles. The Morgan fingerprint density at radius 1 is 0.741 bits per heavy atom. The van der Waals surface area contributed by atoms with Gasteiger partial charge in [-0.1, -0.05) is 36.4 Å². The average molecular weight is 363 g/mol. The Morgan fingerprint density at radius 2 is 1.15 bits per heavy atom. The minimum atomic E-state index is -0.966. The van der Waals surface area contributed by atoms with Gasteiger partial charge in [0, 0.05) is 11.4 Å². The number of benzene rings is 2. The molecule has 0 aliphatic heterocycles. The number of carbonyl (C=O) groups excluding carboxylic acids is 2. The van der Waals surface area contributed by atoms with Crippen molar-refractivity contribution in [2.45, 2.75) is 13.8 Å². The summed E-state index contributed by atoms with van der Waals surface area (Å²) in [7, 11) is 0. The number of aromatic nitrogens is 2. The monoisotopic (exact) mass is 363 g/mol. The number of hydrogen-bond acceptors (Lipinski definition) is 6. The van der Waals surface area contributed by atoms with Gasteiger partial charge in [0.15, 0.2) is 0 Å². The third kappa shape index (κ3) is 4.66. The number of imide groups is 1. The minimum absolute atomic E-state index is 0.116. The van der Waals surface area contributed by atoms with E-state index in [1.54, 1.807) is 80.6 Å². The first kappa shape index (κ1) is 18.1. The summed E-state index contributed by atoms with van der Waals surface area (Å²) in [5.41, 5.74) is 1.20. The Labute approximate surface area is 156 Å². The summed E-state index contributed by atoms with van der Waals surface area (Å²) < 4.78 is 10.6. The van der Waals surface area contributed by atoms with Crippen LogP contribution in [0.1, 0.15) is 11.4 Å². The SMILES string of the molecule is Cc1cc(C)nc(N(C(=O)Oc2ccccc2)C(=O)Oc2ccccc2)n1. The third-order valence-corrected chi connectivity index (χ3v) is 3.43. The predicted molar refractivity (Wildman–Crippen MR) is 98.9 cm³/mol. The maximum atomic E-state index is 12.7. The Kier molecular flexibility index (Phi) is 5.41. The number of carbonyl (C=O) groups is 2. The first-order chi connectivity index (χ1) is 13.0. The average Bonchev–Trinajstić information content (AvgIpc) is 2.62. The van der Waals surface area contributed by atoms with Crippen molar-refractivity contribution in [3.05, 3.63) is 78.1 Å². The van der Waals surface area contributed by atoms with Crippen molar-refractivity contribution >= 4 is 18.1 Å². The van der Waals surface area contributed by atoms with E-state index in [9.17, 15) is 9.59 Å². The smallest absolute Gasteiger partial charge is 0.410 e. The zero-order chi connectivity index (χ0) is 19.2. The molecule has 27 heavy (non-hydrogen) atoms. The highest BCUT2D eigenvalue weighted by atomic mass is 16.6. The molecule has 0 bridgehead atoms. The van der Waals surface area contributed by atoms with Crippen LogP contribution in [0.2, 0.25) is 0 Å². The molecule has 1 aromatic heterocycles. The molecule has 0 spiro atoms. The maximum Gasteiger partial charge on any atom is 0.432 e. The molecule has 3 aromatic rings. The van der Waals surface area contributed by atoms with E-state index in [1.807, 2.05) is 0 Å². The lowest BCUT2D eigenvalue weighted by atomic mass is 10.3. The van der Waals surface area contributed by atoms with E-state index in [1.165, 1.54) is 0 Å². The number of anilines is 1. The summed E-state index contributed by atoms with van der Waals surface area (Å²) in [5, 5.41) is 0. The van der Waals surface area contributed by atoms with E-state index in [4.69, 9.17) is 9.47 Å². The molecule has 0 radical (unpaired) electrons. The standard InChI is InChI=1S/C20H17N3O4/c1-14-13-15(2)22-18(21-14)23(19(24)26-16-9-5-3-6-10-16)20(25)27-17-11-7-4-8-12-17/h3-13H,1-2H3. The molecule has 0 fully saturated rings. The van der Waals surface area contributed by atoms with E-state index in [2.05, 4.69) is 9.97 Å². The topological polar surface area (TPSA) is 81.6 Å². The number of rotatable bonds is 3. The van der Waals surface area contributed by atoms with Crippen molar-refractivity contribution < 1.29 is 19.1 Å². The molecule has 2 amide bonds. The molecule has 0 N–H and O–H groups in total. The molecule has 2 aromatic carbocycles. The van der Waals surface area contributed by atoms with Crippen molar-refractivity contribution in [3.8, 4) is 11.5 Å². The Morgan fingerprint density at radius 3 is 1.56 bits per heavy atom. The second-order valence-electron chi connectivity index (χ2n) is 5.65. The van der Waals surface area contributed by atoms with Crippen molar-refractivity contribution in [2.24, 2.45) is 0 Å². The number of amides is 2. The largest absolute Gasteiger partial charge is 0.432 e. The number of aryl methyl sites for hydroxylation is 2. The van der Waals surface area contributed by atoms with Crippen LogP contribution in [-0.2, 0) is 0 Å². The van der Waals surface area contributed by atoms with Gasteiger partial charge < -0.3 is 9.47 Å². The van der Waals surface area contributed by atoms with Gasteiger partial charge in [0.1, 0.15) is 11.5 Å². The highest BCUT2D eigenvalue weighted by Crippen LogP contribution is 2.18. The van der Waals surface area contributed by atoms with Crippen LogP contribution in [0.15, 0.2) is 66.7 Å². The molecule has 0 unspecified atom stereocenters. The quantitative estimate of drug-likeness (QED) is 0.690. The highest BCUT2D eigenvalue weighted by molar-refractivity contribution is 6.09. The normalized spacial score (nSPS) is 10.1. The lowest BCUT2D eigenvalue weighted by Gasteiger charge is -2.18. The van der Waals surface area contributed by atoms with Crippen LogP contribution in [0.3, 0.4) is 0 Å². The van der Waals surface area contributed by atoms with E-state index in [0.29, 0.717) is 16.3 Å². The molecule has 0 atom stereocenters. The Bertz CT molecular complexity index is 872. The third-order valence-electron chi connectivity index (χ3n) is 3.43. The zero-order valence-corrected chi connectivity index (χ0v) is 14.8. The summed E-state index contributed by atoms with van der Waals surface area (Å²) in [6.45, 7) is 3.48. The first-order valence-corrected chi connectivity index (χ1v) is 8.19. The van der Waals surface area contributed by atoms with Crippen LogP contribution in [0.4, 0.5) is 15.5 Å². The fourth-order valence-electron chi connectivity index (χ4n) is 2.32. The van der Waals surface area contributed by atoms with Crippen molar-refractivity contribution in [3.63, 3.8) is 0 Å². The molecular formula is C20H17N3O4. The summed E-state index contributed by atoms with van der Waals surface area (Å²) in [6.07, 6.45) is -1.93. The van der Waals surface area contributed by atoms with E-state index in [-0.39, 0.29) is 17.4 Å². The van der Waals surface area contributed by atoms with Gasteiger partial charge in [-0.3, -0.25) is 0 Å². The van der Waals surface area contributed by atoms with Gasteiger partial charge in [0.05, 0.1) is 0 Å². The van der Waals surface area contributed by atoms with Gasteiger partial charge in [0.25, 0.3) is 0 Å². The number of ether oxygens (including phenoxy) is 2. The summed E-state index contributed by atoms with van der Waals surface area (Å²) in [4.78, 5) is 34.4. The summed E-state index contributed by atoms with van der Waals surface area (Å²) >= 11 is 0. The van der Waals surface area contributed by atoms with Gasteiger partial charge in [0.2, 0.25) is 5.95 Å². The first-order valence-electron chi connectivity index (χ1n) is 8.19. The number of nitrogens with zero attached hydrogens (tertiary/aromatic N) is 3. The Balaban J connectivity index is 1.92. The lowest BCUT2D eigenvalue weighted by Crippen LogP contribution is -2.42. The van der Waals surface area contributed by atoms with Crippen LogP contribution in [0, 0.1) is 13.8 Å². The Hall–Kier alpha value is -3.74. The molecular weight excluding hydrogens is 346 g/mol. The molecule has 7 nitrogen and oxygen atoms in total. The molecule has 0 saturated carbocycles. The summed E-state index contributed by atoms with van der Waals surface area (Å²) in [6, 6.07) is 18.5. The summed E-state index contributed by atoms with van der Waals surface area (Å²) in [5.74, 6) is 0.447. The van der Waals surface area contributed by atoms with Gasteiger partial charge in [-0.05, 0) is 44.2 Å². The van der Waals surface area contributed by atoms with Crippen molar-refractivity contribution in [2.75, 3.05) is 4.90 Å². The lowest BCUT2D eigenvalue weighted by molar-refractivity contribution is 0.190. The van der Waals surface area contributed by atoms with Gasteiger partial charge in [-0.15, -0.1) is 4.90 Å². The fraction of sp³-hybridized carbons (Fsp3) is 0.100. The molecule has 7 heteroatoms. The predicted octanol–water partition coefficient (Wildman–Crippen LogP) is 4.30. The van der Waals surface area contributed by atoms with Crippen LogP contribution in [0.25, 0.3) is 0 Å². The van der Waals surface area contributed by atoms with Gasteiger partial charge >= 0.3 is 12.2 Å². The fourth-order valence-corrected chi connectivity index (χ4v) is 2.32. The highest BCUT2D eigenvalue weighted by Gasteiger charge is 2.30. The molecule has 0 aliphatic carbocycles. The minimum Gasteiger partial charge on any atom is -0.410 e. The van der Waals surface area contributed by atoms with E-state index in [0.717, 1.165) is 0 Å². The molecule has 0 aliphatic rings. The second-order valence-corrected chi connectivity index (χ2v) is 5.65. The maximum absolute atomic E-state index is 12.7. The zero-order valence-electron chi connectivity index (χ0n) is 14.8. The second kappa shape index (κ2) is 8.09. The molecule has 3 rings (SSSR count). The molecule has 136 valence electrons. The van der Waals surface area contributed by atoms with Crippen LogP contribution < -0.4 is 14.4 Å². The van der Waals surface area contributed by atoms with Crippen molar-refractivity contribution in [1.29, 1.82) is 0 Å². The van der Waals surface area contributed by atoms with Gasteiger partial charge in [-0.25, -0.2) is 19.6 Å². The van der Waals surface area contributed by atoms with Crippen LogP contribution in [-0.4, -0.2) is 22.2 Å². The van der Waals surface area contributed by atoms with Crippen molar-refractivity contribution in [1.82, 2.24) is 9.97 Å². The molecule has 1 heterocycles. The van der Waals surface area contributed by atoms with Crippen LogP contribution >= 0.6 is 0 Å². The van der Waals surface area contributed by atoms with E-state index < -0.39 is 12.2 Å². The van der Waals surface area contributed by atoms with Gasteiger partial charge in [-0.2, -0.15) is 0 Å². The van der Waals surface area contributed by atoms with Crippen LogP contribution in [0.5, 0.6) is 11.5 Å². The van der Waals surface area contributed by atoms with E-state index >= 15 is 0 Å². The number of hydrogen-bond donors (Lipinski definition) is 0. The number of para-hydroxylation sites is 2.